The van der Waals surface area contributed by atoms with Crippen molar-refractivity contribution in [2.24, 2.45) is 0 Å². The lowest BCUT2D eigenvalue weighted by Gasteiger charge is -2.05. The van der Waals surface area contributed by atoms with Gasteiger partial charge in [-0.2, -0.15) is 0 Å². The zero-order valence-electron chi connectivity index (χ0n) is 8.74. The van der Waals surface area contributed by atoms with Crippen LogP contribution in [-0.2, 0) is 0 Å². The highest BCUT2D eigenvalue weighted by Gasteiger charge is 2.08. The Labute approximate surface area is 103 Å². The average molecular weight is 255 g/mol. The molecule has 0 saturated heterocycles. The van der Waals surface area contributed by atoms with Crippen molar-refractivity contribution in [2.45, 2.75) is 6.92 Å². The largest absolute Gasteiger partial charge is 0.494 e. The highest BCUT2D eigenvalue weighted by Crippen LogP contribution is 2.34. The molecule has 0 radical (unpaired) electrons. The molecule has 0 aliphatic carbocycles. The summed E-state index contributed by atoms with van der Waals surface area (Å²) in [5.41, 5.74) is 6.51. The van der Waals surface area contributed by atoms with E-state index in [-0.39, 0.29) is 0 Å². The predicted octanol–water partition coefficient (Wildman–Crippen LogP) is 3.44. The Bertz CT molecular complexity index is 498. The summed E-state index contributed by atoms with van der Waals surface area (Å²) in [6, 6.07) is 5.61. The van der Waals surface area contributed by atoms with Gasteiger partial charge in [-0.3, -0.25) is 0 Å². The van der Waals surface area contributed by atoms with Gasteiger partial charge in [0.1, 0.15) is 5.75 Å². The van der Waals surface area contributed by atoms with Gasteiger partial charge in [-0.1, -0.05) is 22.9 Å². The normalized spacial score (nSPS) is 10.4. The first-order valence-electron chi connectivity index (χ1n) is 4.84. The zero-order valence-corrected chi connectivity index (χ0v) is 10.3. The number of hydrogen-bond acceptors (Lipinski definition) is 4. The molecule has 0 aliphatic heterocycles. The van der Waals surface area contributed by atoms with Gasteiger partial charge in [-0.05, 0) is 25.1 Å². The Balaban J connectivity index is 2.36. The molecule has 2 aromatic rings. The summed E-state index contributed by atoms with van der Waals surface area (Å²) in [7, 11) is 0. The van der Waals surface area contributed by atoms with Crippen molar-refractivity contribution in [1.29, 1.82) is 0 Å². The third-order valence-electron chi connectivity index (χ3n) is 2.04. The van der Waals surface area contributed by atoms with E-state index in [4.69, 9.17) is 22.1 Å². The standard InChI is InChI=1S/C11H11ClN2OS/c1-2-15-7-3-4-8(9(12)5-7)10-6-14-11(13)16-10/h3-6H,2H2,1H3,(H2,13,14). The number of hydrogen-bond donors (Lipinski definition) is 1. The van der Waals surface area contributed by atoms with Crippen LogP contribution in [0.3, 0.4) is 0 Å². The first kappa shape index (κ1) is 11.2. The monoisotopic (exact) mass is 254 g/mol. The maximum absolute atomic E-state index is 6.17. The fraction of sp³-hybridized carbons (Fsp3) is 0.182. The molecule has 0 aliphatic rings. The maximum Gasteiger partial charge on any atom is 0.180 e. The molecule has 84 valence electrons. The summed E-state index contributed by atoms with van der Waals surface area (Å²) < 4.78 is 5.36. The summed E-state index contributed by atoms with van der Waals surface area (Å²) in [5, 5.41) is 1.19. The quantitative estimate of drug-likeness (QED) is 0.913. The fourth-order valence-corrected chi connectivity index (χ4v) is 2.42. The van der Waals surface area contributed by atoms with Crippen LogP contribution in [0.25, 0.3) is 10.4 Å². The van der Waals surface area contributed by atoms with Crippen molar-refractivity contribution >= 4 is 28.1 Å². The molecule has 5 heteroatoms. The minimum absolute atomic E-state index is 0.542. The summed E-state index contributed by atoms with van der Waals surface area (Å²) in [5.74, 6) is 0.772. The average Bonchev–Trinajstić information content (AvgIpc) is 2.65. The van der Waals surface area contributed by atoms with E-state index in [1.807, 2.05) is 19.1 Å². The van der Waals surface area contributed by atoms with E-state index in [9.17, 15) is 0 Å². The van der Waals surface area contributed by atoms with E-state index >= 15 is 0 Å². The summed E-state index contributed by atoms with van der Waals surface area (Å²) in [4.78, 5) is 4.96. The van der Waals surface area contributed by atoms with Crippen LogP contribution in [0, 0.1) is 0 Å². The van der Waals surface area contributed by atoms with Gasteiger partial charge < -0.3 is 10.5 Å². The number of halogens is 1. The Morgan fingerprint density at radius 1 is 1.50 bits per heavy atom. The number of rotatable bonds is 3. The third-order valence-corrected chi connectivity index (χ3v) is 3.21. The molecule has 1 heterocycles. The molecule has 0 bridgehead atoms. The predicted molar refractivity (Wildman–Crippen MR) is 68.1 cm³/mol. The minimum Gasteiger partial charge on any atom is -0.494 e. The number of benzene rings is 1. The molecule has 0 unspecified atom stereocenters. The van der Waals surface area contributed by atoms with Gasteiger partial charge in [0.2, 0.25) is 0 Å². The lowest BCUT2D eigenvalue weighted by atomic mass is 10.2. The van der Waals surface area contributed by atoms with Gasteiger partial charge in [-0.15, -0.1) is 0 Å². The zero-order chi connectivity index (χ0) is 11.5. The van der Waals surface area contributed by atoms with Crippen molar-refractivity contribution < 1.29 is 4.74 Å². The SMILES string of the molecule is CCOc1ccc(-c2cnc(N)s2)c(Cl)c1. The molecule has 0 fully saturated rings. The number of nitrogen functional groups attached to an aromatic ring is 1. The third kappa shape index (κ3) is 2.28. The Hall–Kier alpha value is -1.26. The number of nitrogens with zero attached hydrogens (tertiary/aromatic N) is 1. The van der Waals surface area contributed by atoms with Crippen molar-refractivity contribution in [3.63, 3.8) is 0 Å². The summed E-state index contributed by atoms with van der Waals surface area (Å²) in [6.45, 7) is 2.56. The van der Waals surface area contributed by atoms with Crippen LogP contribution in [0.5, 0.6) is 5.75 Å². The van der Waals surface area contributed by atoms with Crippen LogP contribution in [0.4, 0.5) is 5.13 Å². The van der Waals surface area contributed by atoms with Crippen LogP contribution >= 0.6 is 22.9 Å². The second-order valence-electron chi connectivity index (χ2n) is 3.14. The Kier molecular flexibility index (Phi) is 3.31. The summed E-state index contributed by atoms with van der Waals surface area (Å²) in [6.07, 6.45) is 1.72. The summed E-state index contributed by atoms with van der Waals surface area (Å²) >= 11 is 7.58. The first-order valence-corrected chi connectivity index (χ1v) is 6.04. The number of thiazole rings is 1. The molecular formula is C11H11ClN2OS. The minimum atomic E-state index is 0.542. The van der Waals surface area contributed by atoms with Gasteiger partial charge in [0.05, 0.1) is 16.5 Å². The number of aromatic nitrogens is 1. The first-order chi connectivity index (χ1) is 7.70. The molecule has 0 amide bonds. The molecule has 0 spiro atoms. The molecule has 1 aromatic carbocycles. The molecular weight excluding hydrogens is 244 g/mol. The van der Waals surface area contributed by atoms with Crippen LogP contribution in [0.15, 0.2) is 24.4 Å². The molecule has 2 rings (SSSR count). The topological polar surface area (TPSA) is 48.1 Å². The molecule has 2 N–H and O–H groups in total. The Morgan fingerprint density at radius 2 is 2.31 bits per heavy atom. The Morgan fingerprint density at radius 3 is 2.88 bits per heavy atom. The second kappa shape index (κ2) is 4.72. The molecule has 16 heavy (non-hydrogen) atoms. The molecule has 3 nitrogen and oxygen atoms in total. The smallest absolute Gasteiger partial charge is 0.180 e. The van der Waals surface area contributed by atoms with Gasteiger partial charge in [-0.25, -0.2) is 4.98 Å². The number of nitrogens with two attached hydrogens (primary N) is 1. The molecule has 0 atom stereocenters. The lowest BCUT2D eigenvalue weighted by molar-refractivity contribution is 0.340. The van der Waals surface area contributed by atoms with Crippen LogP contribution in [0.1, 0.15) is 6.92 Å². The van der Waals surface area contributed by atoms with E-state index in [1.54, 1.807) is 12.3 Å². The highest BCUT2D eigenvalue weighted by molar-refractivity contribution is 7.18. The fourth-order valence-electron chi connectivity index (χ4n) is 1.36. The highest BCUT2D eigenvalue weighted by atomic mass is 35.5. The van der Waals surface area contributed by atoms with Crippen molar-refractivity contribution in [2.75, 3.05) is 12.3 Å². The van der Waals surface area contributed by atoms with E-state index in [0.717, 1.165) is 16.2 Å². The number of anilines is 1. The van der Waals surface area contributed by atoms with Gasteiger partial charge in [0, 0.05) is 11.8 Å². The maximum atomic E-state index is 6.17. The van der Waals surface area contributed by atoms with Crippen LogP contribution < -0.4 is 10.5 Å². The van der Waals surface area contributed by atoms with E-state index < -0.39 is 0 Å². The lowest BCUT2D eigenvalue weighted by Crippen LogP contribution is -1.91. The van der Waals surface area contributed by atoms with Crippen LogP contribution in [0.2, 0.25) is 5.02 Å². The van der Waals surface area contributed by atoms with Crippen molar-refractivity contribution in [1.82, 2.24) is 4.98 Å². The van der Waals surface area contributed by atoms with Gasteiger partial charge >= 0.3 is 0 Å². The van der Waals surface area contributed by atoms with Crippen LogP contribution in [-0.4, -0.2) is 11.6 Å². The van der Waals surface area contributed by atoms with Gasteiger partial charge in [0.15, 0.2) is 5.13 Å². The van der Waals surface area contributed by atoms with Crippen molar-refractivity contribution in [3.8, 4) is 16.2 Å². The molecule has 0 saturated carbocycles. The molecule has 1 aromatic heterocycles. The van der Waals surface area contributed by atoms with Gasteiger partial charge in [0.25, 0.3) is 0 Å². The van der Waals surface area contributed by atoms with E-state index in [1.165, 1.54) is 11.3 Å². The number of ether oxygens (including phenoxy) is 1. The second-order valence-corrected chi connectivity index (χ2v) is 4.61. The van der Waals surface area contributed by atoms with E-state index in [0.29, 0.717) is 16.8 Å². The van der Waals surface area contributed by atoms with E-state index in [2.05, 4.69) is 4.98 Å². The van der Waals surface area contributed by atoms with Crippen molar-refractivity contribution in [3.05, 3.63) is 29.4 Å².